The lowest BCUT2D eigenvalue weighted by molar-refractivity contribution is -0.122. The first kappa shape index (κ1) is 15.7. The van der Waals surface area contributed by atoms with E-state index in [0.717, 1.165) is 6.42 Å². The number of aromatic carboxylic acids is 1. The fraction of sp³-hybridized carbons (Fsp3) is 0.357. The van der Waals surface area contributed by atoms with Crippen molar-refractivity contribution in [3.05, 3.63) is 35.4 Å². The molecule has 0 saturated heterocycles. The predicted octanol–water partition coefficient (Wildman–Crippen LogP) is 1.03. The Kier molecular flexibility index (Phi) is 5.71. The smallest absolute Gasteiger partial charge is 0.335 e. The number of nitrogens with one attached hydrogen (secondary N) is 2. The number of hydrogen-bond acceptors (Lipinski definition) is 3. The van der Waals surface area contributed by atoms with Gasteiger partial charge in [-0.1, -0.05) is 13.3 Å². The van der Waals surface area contributed by atoms with Crippen LogP contribution in [0.5, 0.6) is 0 Å². The van der Waals surface area contributed by atoms with Gasteiger partial charge in [-0.15, -0.1) is 0 Å². The molecule has 0 unspecified atom stereocenters. The third-order valence-electron chi connectivity index (χ3n) is 2.84. The Labute approximate surface area is 117 Å². The van der Waals surface area contributed by atoms with Crippen LogP contribution in [0.4, 0.5) is 0 Å². The number of carboxylic acids is 1. The second-order valence-corrected chi connectivity index (χ2v) is 4.31. The quantitative estimate of drug-likeness (QED) is 0.724. The van der Waals surface area contributed by atoms with Crippen molar-refractivity contribution in [2.45, 2.75) is 25.8 Å². The zero-order valence-electron chi connectivity index (χ0n) is 11.5. The largest absolute Gasteiger partial charge is 0.478 e. The topological polar surface area (TPSA) is 95.5 Å². The van der Waals surface area contributed by atoms with Crippen LogP contribution >= 0.6 is 0 Å². The first-order valence-electron chi connectivity index (χ1n) is 6.35. The molecule has 1 atom stereocenters. The molecule has 0 fully saturated rings. The molecule has 6 heteroatoms. The average Bonchev–Trinajstić information content (AvgIpc) is 2.45. The first-order chi connectivity index (χ1) is 9.49. The lowest BCUT2D eigenvalue weighted by Crippen LogP contribution is -2.45. The number of carboxylic acid groups (broad SMARTS) is 1. The Morgan fingerprint density at radius 3 is 2.15 bits per heavy atom. The number of carbonyl (C=O) groups excluding carboxylic acids is 2. The van der Waals surface area contributed by atoms with Crippen LogP contribution in [0.2, 0.25) is 0 Å². The lowest BCUT2D eigenvalue weighted by atomic mass is 10.1. The van der Waals surface area contributed by atoms with Crippen molar-refractivity contribution in [1.82, 2.24) is 10.6 Å². The Morgan fingerprint density at radius 2 is 1.70 bits per heavy atom. The van der Waals surface area contributed by atoms with Gasteiger partial charge >= 0.3 is 5.97 Å². The Morgan fingerprint density at radius 1 is 1.15 bits per heavy atom. The van der Waals surface area contributed by atoms with E-state index in [9.17, 15) is 14.4 Å². The summed E-state index contributed by atoms with van der Waals surface area (Å²) in [5.41, 5.74) is 0.429. The van der Waals surface area contributed by atoms with E-state index in [2.05, 4.69) is 10.6 Å². The van der Waals surface area contributed by atoms with E-state index < -0.39 is 17.9 Å². The summed E-state index contributed by atoms with van der Waals surface area (Å²) in [6.45, 7) is 1.92. The van der Waals surface area contributed by atoms with Crippen LogP contribution in [0.1, 0.15) is 40.5 Å². The molecule has 6 nitrogen and oxygen atoms in total. The number of hydrogen-bond donors (Lipinski definition) is 3. The highest BCUT2D eigenvalue weighted by Crippen LogP contribution is 2.06. The van der Waals surface area contributed by atoms with E-state index in [0.29, 0.717) is 12.0 Å². The number of rotatable bonds is 6. The van der Waals surface area contributed by atoms with Crippen molar-refractivity contribution in [3.8, 4) is 0 Å². The van der Waals surface area contributed by atoms with Crippen LogP contribution in [0.3, 0.4) is 0 Å². The van der Waals surface area contributed by atoms with Crippen LogP contribution in [-0.2, 0) is 4.79 Å². The molecule has 0 aromatic heterocycles. The highest BCUT2D eigenvalue weighted by atomic mass is 16.4. The van der Waals surface area contributed by atoms with Crippen molar-refractivity contribution in [2.75, 3.05) is 7.05 Å². The molecule has 0 heterocycles. The van der Waals surface area contributed by atoms with Gasteiger partial charge in [0.05, 0.1) is 5.56 Å². The maximum atomic E-state index is 12.0. The van der Waals surface area contributed by atoms with Crippen molar-refractivity contribution in [1.29, 1.82) is 0 Å². The third kappa shape index (κ3) is 4.08. The van der Waals surface area contributed by atoms with Gasteiger partial charge in [-0.05, 0) is 30.7 Å². The molecule has 0 bridgehead atoms. The minimum absolute atomic E-state index is 0.109. The molecule has 0 radical (unpaired) electrons. The van der Waals surface area contributed by atoms with Gasteiger partial charge in [0.2, 0.25) is 5.91 Å². The van der Waals surface area contributed by atoms with Crippen molar-refractivity contribution < 1.29 is 19.5 Å². The molecular weight excluding hydrogens is 260 g/mol. The predicted molar refractivity (Wildman–Crippen MR) is 73.6 cm³/mol. The second kappa shape index (κ2) is 7.28. The number of carbonyl (C=O) groups is 3. The summed E-state index contributed by atoms with van der Waals surface area (Å²) in [5.74, 6) is -1.70. The minimum Gasteiger partial charge on any atom is -0.478 e. The average molecular weight is 278 g/mol. The standard InChI is InChI=1S/C14H18N2O4/c1-3-4-11(13(18)15-2)16-12(17)9-5-7-10(8-6-9)14(19)20/h5-8,11H,3-4H2,1-2H3,(H,15,18)(H,16,17)(H,19,20)/t11-/m0/s1. The SMILES string of the molecule is CCC[C@H](NC(=O)c1ccc(C(=O)O)cc1)C(=O)NC. The summed E-state index contributed by atoms with van der Waals surface area (Å²) in [6, 6.07) is 4.96. The molecule has 3 N–H and O–H groups in total. The summed E-state index contributed by atoms with van der Waals surface area (Å²) >= 11 is 0. The first-order valence-corrected chi connectivity index (χ1v) is 6.35. The highest BCUT2D eigenvalue weighted by Gasteiger charge is 2.19. The van der Waals surface area contributed by atoms with E-state index in [4.69, 9.17) is 5.11 Å². The molecule has 0 saturated carbocycles. The van der Waals surface area contributed by atoms with Gasteiger partial charge in [0, 0.05) is 12.6 Å². The molecule has 108 valence electrons. The molecule has 0 aliphatic carbocycles. The zero-order valence-corrected chi connectivity index (χ0v) is 11.5. The fourth-order valence-corrected chi connectivity index (χ4v) is 1.74. The van der Waals surface area contributed by atoms with E-state index >= 15 is 0 Å². The fourth-order valence-electron chi connectivity index (χ4n) is 1.74. The molecule has 1 aromatic carbocycles. The van der Waals surface area contributed by atoms with Crippen LogP contribution in [0, 0.1) is 0 Å². The van der Waals surface area contributed by atoms with E-state index in [1.807, 2.05) is 6.92 Å². The maximum absolute atomic E-state index is 12.0. The molecule has 20 heavy (non-hydrogen) atoms. The van der Waals surface area contributed by atoms with Crippen molar-refractivity contribution in [2.24, 2.45) is 0 Å². The maximum Gasteiger partial charge on any atom is 0.335 e. The normalized spacial score (nSPS) is 11.5. The Bertz CT molecular complexity index is 496. The summed E-state index contributed by atoms with van der Waals surface area (Å²) in [4.78, 5) is 34.3. The Balaban J connectivity index is 2.78. The van der Waals surface area contributed by atoms with Crippen LogP contribution < -0.4 is 10.6 Å². The van der Waals surface area contributed by atoms with Gasteiger partial charge in [-0.25, -0.2) is 4.79 Å². The van der Waals surface area contributed by atoms with Crippen LogP contribution in [0.15, 0.2) is 24.3 Å². The summed E-state index contributed by atoms with van der Waals surface area (Å²) in [7, 11) is 1.51. The molecule has 1 aromatic rings. The number of likely N-dealkylation sites (N-methyl/N-ethyl adjacent to an activating group) is 1. The molecular formula is C14H18N2O4. The van der Waals surface area contributed by atoms with Crippen LogP contribution in [-0.4, -0.2) is 36.0 Å². The molecule has 0 spiro atoms. The molecule has 0 aliphatic rings. The van der Waals surface area contributed by atoms with Gasteiger partial charge < -0.3 is 15.7 Å². The lowest BCUT2D eigenvalue weighted by Gasteiger charge is -2.16. The second-order valence-electron chi connectivity index (χ2n) is 4.31. The minimum atomic E-state index is -1.05. The summed E-state index contributed by atoms with van der Waals surface area (Å²) in [6.07, 6.45) is 1.30. The van der Waals surface area contributed by atoms with E-state index in [-0.39, 0.29) is 11.5 Å². The van der Waals surface area contributed by atoms with Gasteiger partial charge in [0.15, 0.2) is 0 Å². The highest BCUT2D eigenvalue weighted by molar-refractivity contribution is 5.98. The van der Waals surface area contributed by atoms with Crippen molar-refractivity contribution >= 4 is 17.8 Å². The molecule has 1 rings (SSSR count). The third-order valence-corrected chi connectivity index (χ3v) is 2.84. The molecule has 2 amide bonds. The van der Waals surface area contributed by atoms with E-state index in [1.165, 1.54) is 31.3 Å². The summed E-state index contributed by atoms with van der Waals surface area (Å²) < 4.78 is 0. The van der Waals surface area contributed by atoms with Gasteiger partial charge in [0.25, 0.3) is 5.91 Å². The Hall–Kier alpha value is -2.37. The number of amides is 2. The van der Waals surface area contributed by atoms with Crippen LogP contribution in [0.25, 0.3) is 0 Å². The van der Waals surface area contributed by atoms with E-state index in [1.54, 1.807) is 0 Å². The van der Waals surface area contributed by atoms with Gasteiger partial charge in [-0.3, -0.25) is 9.59 Å². The summed E-state index contributed by atoms with van der Waals surface area (Å²) in [5, 5.41) is 13.9. The van der Waals surface area contributed by atoms with Crippen molar-refractivity contribution in [3.63, 3.8) is 0 Å². The monoisotopic (exact) mass is 278 g/mol. The van der Waals surface area contributed by atoms with Gasteiger partial charge in [-0.2, -0.15) is 0 Å². The number of benzene rings is 1. The van der Waals surface area contributed by atoms with Gasteiger partial charge in [0.1, 0.15) is 6.04 Å². The zero-order chi connectivity index (χ0) is 15.1. The molecule has 0 aliphatic heterocycles.